The van der Waals surface area contributed by atoms with Gasteiger partial charge in [0.2, 0.25) is 10.7 Å². The molecule has 1 atom stereocenters. The van der Waals surface area contributed by atoms with Gasteiger partial charge in [0.25, 0.3) is 0 Å². The lowest BCUT2D eigenvalue weighted by Gasteiger charge is -2.29. The average Bonchev–Trinajstić information content (AvgIpc) is 3.34. The molecule has 0 N–H and O–H groups in total. The van der Waals surface area contributed by atoms with E-state index in [4.69, 9.17) is 17.3 Å². The summed E-state index contributed by atoms with van der Waals surface area (Å²) in [4.78, 5) is 4.68. The zero-order chi connectivity index (χ0) is 19.9. The molecule has 158 valence electrons. The van der Waals surface area contributed by atoms with Crippen molar-refractivity contribution in [2.75, 3.05) is 36.0 Å². The summed E-state index contributed by atoms with van der Waals surface area (Å²) in [6.45, 7) is 7.90. The third-order valence-electron chi connectivity index (χ3n) is 6.04. The van der Waals surface area contributed by atoms with Crippen LogP contribution in [0.5, 0.6) is 0 Å². The SMILES string of the molecule is CC(C)CN(Cn1nc(N2CCCCC2)n(C2CC2)c1=S)[C@@H]1CCS(=O)(=O)C1. The summed E-state index contributed by atoms with van der Waals surface area (Å²) in [6.07, 6.45) is 6.78. The fourth-order valence-electron chi connectivity index (χ4n) is 4.49. The van der Waals surface area contributed by atoms with Crippen LogP contribution in [-0.2, 0) is 16.5 Å². The Bertz CT molecular complexity index is 850. The summed E-state index contributed by atoms with van der Waals surface area (Å²) in [5.41, 5.74) is 0. The lowest BCUT2D eigenvalue weighted by Crippen LogP contribution is -2.40. The molecule has 4 rings (SSSR count). The van der Waals surface area contributed by atoms with Crippen molar-refractivity contribution in [1.29, 1.82) is 0 Å². The molecule has 3 heterocycles. The van der Waals surface area contributed by atoms with Gasteiger partial charge in [-0.2, -0.15) is 0 Å². The second-order valence-corrected chi connectivity index (χ2v) is 11.7. The predicted octanol–water partition coefficient (Wildman–Crippen LogP) is 2.84. The van der Waals surface area contributed by atoms with Crippen molar-refractivity contribution >= 4 is 28.0 Å². The van der Waals surface area contributed by atoms with Gasteiger partial charge in [-0.05, 0) is 56.7 Å². The van der Waals surface area contributed by atoms with Gasteiger partial charge in [0.15, 0.2) is 9.84 Å². The minimum absolute atomic E-state index is 0.0683. The van der Waals surface area contributed by atoms with Crippen LogP contribution in [-0.4, -0.2) is 64.8 Å². The molecule has 3 aliphatic rings. The highest BCUT2D eigenvalue weighted by molar-refractivity contribution is 7.91. The van der Waals surface area contributed by atoms with Gasteiger partial charge in [-0.1, -0.05) is 13.8 Å². The van der Waals surface area contributed by atoms with E-state index >= 15 is 0 Å². The first-order chi connectivity index (χ1) is 13.3. The monoisotopic (exact) mass is 427 g/mol. The molecule has 0 aromatic carbocycles. The number of rotatable bonds is 7. The van der Waals surface area contributed by atoms with E-state index in [9.17, 15) is 8.42 Å². The molecule has 0 unspecified atom stereocenters. The van der Waals surface area contributed by atoms with Crippen molar-refractivity contribution in [3.63, 3.8) is 0 Å². The van der Waals surface area contributed by atoms with Crippen LogP contribution in [0, 0.1) is 10.7 Å². The highest BCUT2D eigenvalue weighted by Crippen LogP contribution is 2.39. The van der Waals surface area contributed by atoms with E-state index in [-0.39, 0.29) is 11.8 Å². The van der Waals surface area contributed by atoms with Crippen molar-refractivity contribution in [1.82, 2.24) is 19.2 Å². The van der Waals surface area contributed by atoms with Crippen LogP contribution in [0.25, 0.3) is 0 Å². The summed E-state index contributed by atoms with van der Waals surface area (Å²) >= 11 is 5.84. The topological polar surface area (TPSA) is 63.4 Å². The van der Waals surface area contributed by atoms with Crippen molar-refractivity contribution in [3.8, 4) is 0 Å². The molecule has 0 radical (unpaired) electrons. The lowest BCUT2D eigenvalue weighted by atomic mass is 10.1. The van der Waals surface area contributed by atoms with Gasteiger partial charge in [-0.15, -0.1) is 5.10 Å². The first-order valence-corrected chi connectivity index (χ1v) is 13.0. The van der Waals surface area contributed by atoms with Crippen LogP contribution < -0.4 is 4.90 Å². The zero-order valence-corrected chi connectivity index (χ0v) is 18.7. The van der Waals surface area contributed by atoms with Crippen molar-refractivity contribution in [3.05, 3.63) is 4.77 Å². The molecule has 9 heteroatoms. The molecule has 7 nitrogen and oxygen atoms in total. The smallest absolute Gasteiger partial charge is 0.226 e. The number of hydrogen-bond acceptors (Lipinski definition) is 6. The quantitative estimate of drug-likeness (QED) is 0.624. The predicted molar refractivity (Wildman–Crippen MR) is 114 cm³/mol. The minimum Gasteiger partial charge on any atom is -0.341 e. The van der Waals surface area contributed by atoms with Crippen molar-refractivity contribution < 1.29 is 8.42 Å². The summed E-state index contributed by atoms with van der Waals surface area (Å²) in [5, 5.41) is 4.96. The van der Waals surface area contributed by atoms with E-state index < -0.39 is 9.84 Å². The van der Waals surface area contributed by atoms with Crippen LogP contribution in [0.1, 0.15) is 58.4 Å². The standard InChI is InChI=1S/C19H33N5O2S2/c1-15(2)12-22(17-8-11-28(25,26)13-17)14-23-19(27)24(16-6-7-16)18(20-23)21-9-4-3-5-10-21/h15-17H,3-14H2,1-2H3/t17-/m1/s1. The molecule has 1 aromatic rings. The molecule has 2 aliphatic heterocycles. The van der Waals surface area contributed by atoms with Gasteiger partial charge in [-0.25, -0.2) is 13.1 Å². The molecular weight excluding hydrogens is 394 g/mol. The highest BCUT2D eigenvalue weighted by atomic mass is 32.2. The van der Waals surface area contributed by atoms with Crippen LogP contribution in [0.15, 0.2) is 0 Å². The molecule has 0 bridgehead atoms. The second-order valence-electron chi connectivity index (χ2n) is 9.09. The second kappa shape index (κ2) is 8.07. The van der Waals surface area contributed by atoms with E-state index in [2.05, 4.69) is 28.2 Å². The van der Waals surface area contributed by atoms with E-state index in [1.54, 1.807) is 0 Å². The molecule has 1 saturated carbocycles. The Morgan fingerprint density at radius 1 is 1.18 bits per heavy atom. The number of hydrogen-bond donors (Lipinski definition) is 0. The normalized spacial score (nSPS) is 25.1. The van der Waals surface area contributed by atoms with E-state index in [0.29, 0.717) is 30.8 Å². The summed E-state index contributed by atoms with van der Waals surface area (Å²) < 4.78 is 29.1. The molecular formula is C19H33N5O2S2. The van der Waals surface area contributed by atoms with Crippen molar-refractivity contribution in [2.24, 2.45) is 5.92 Å². The van der Waals surface area contributed by atoms with Crippen LogP contribution in [0.2, 0.25) is 0 Å². The first kappa shape index (κ1) is 20.3. The third kappa shape index (κ3) is 4.46. The number of anilines is 1. The minimum atomic E-state index is -2.91. The van der Waals surface area contributed by atoms with Gasteiger partial charge < -0.3 is 4.90 Å². The fraction of sp³-hybridized carbons (Fsp3) is 0.895. The zero-order valence-electron chi connectivity index (χ0n) is 17.1. The largest absolute Gasteiger partial charge is 0.341 e. The molecule has 2 saturated heterocycles. The van der Waals surface area contributed by atoms with Gasteiger partial charge in [0.05, 0.1) is 18.2 Å². The molecule has 28 heavy (non-hydrogen) atoms. The van der Waals surface area contributed by atoms with Crippen LogP contribution in [0.4, 0.5) is 5.95 Å². The Hall–Kier alpha value is -0.930. The van der Waals surface area contributed by atoms with Gasteiger partial charge in [0, 0.05) is 31.7 Å². The van der Waals surface area contributed by atoms with Crippen molar-refractivity contribution in [2.45, 2.75) is 71.1 Å². The first-order valence-electron chi connectivity index (χ1n) is 10.7. The molecule has 1 aliphatic carbocycles. The summed E-state index contributed by atoms with van der Waals surface area (Å²) in [6, 6.07) is 0.558. The fourth-order valence-corrected chi connectivity index (χ4v) is 6.58. The van der Waals surface area contributed by atoms with Gasteiger partial charge in [0.1, 0.15) is 0 Å². The third-order valence-corrected chi connectivity index (χ3v) is 8.20. The molecule has 0 amide bonds. The number of piperidine rings is 1. The average molecular weight is 428 g/mol. The van der Waals surface area contributed by atoms with E-state index in [1.165, 1.54) is 32.1 Å². The Morgan fingerprint density at radius 3 is 2.46 bits per heavy atom. The maximum Gasteiger partial charge on any atom is 0.226 e. The Morgan fingerprint density at radius 2 is 1.89 bits per heavy atom. The Kier molecular flexibility index (Phi) is 5.86. The molecule has 0 spiro atoms. The number of aromatic nitrogens is 3. The number of nitrogens with zero attached hydrogens (tertiary/aromatic N) is 5. The maximum absolute atomic E-state index is 12.0. The summed E-state index contributed by atoms with van der Waals surface area (Å²) in [5.74, 6) is 2.04. The molecule has 1 aromatic heterocycles. The maximum atomic E-state index is 12.0. The molecule has 3 fully saturated rings. The van der Waals surface area contributed by atoms with Crippen LogP contribution in [0.3, 0.4) is 0 Å². The Balaban J connectivity index is 1.60. The Labute approximate surface area is 173 Å². The number of sulfone groups is 1. The lowest BCUT2D eigenvalue weighted by molar-refractivity contribution is 0.137. The summed E-state index contributed by atoms with van der Waals surface area (Å²) in [7, 11) is -2.91. The van der Waals surface area contributed by atoms with Crippen LogP contribution >= 0.6 is 12.2 Å². The van der Waals surface area contributed by atoms with Gasteiger partial charge >= 0.3 is 0 Å². The highest BCUT2D eigenvalue weighted by Gasteiger charge is 2.35. The van der Waals surface area contributed by atoms with E-state index in [1.807, 2.05) is 4.68 Å². The van der Waals surface area contributed by atoms with Gasteiger partial charge in [-0.3, -0.25) is 9.47 Å². The van der Waals surface area contributed by atoms with E-state index in [0.717, 1.165) is 30.4 Å².